The van der Waals surface area contributed by atoms with Gasteiger partial charge in [0, 0.05) is 31.0 Å². The van der Waals surface area contributed by atoms with Gasteiger partial charge in [-0.1, -0.05) is 6.92 Å². The van der Waals surface area contributed by atoms with E-state index in [-0.39, 0.29) is 24.5 Å². The van der Waals surface area contributed by atoms with Crippen LogP contribution in [0.15, 0.2) is 11.4 Å². The lowest BCUT2D eigenvalue weighted by atomic mass is 10.1. The molecule has 0 aliphatic carbocycles. The van der Waals surface area contributed by atoms with Crippen molar-refractivity contribution in [2.45, 2.75) is 33.4 Å². The highest BCUT2D eigenvalue weighted by Gasteiger charge is 2.12. The Morgan fingerprint density at radius 3 is 2.82 bits per heavy atom. The second-order valence-corrected chi connectivity index (χ2v) is 5.27. The molecule has 5 heteroatoms. The third kappa shape index (κ3) is 4.46. The van der Waals surface area contributed by atoms with E-state index in [1.165, 1.54) is 6.92 Å². The van der Waals surface area contributed by atoms with Crippen LogP contribution in [0.2, 0.25) is 0 Å². The Kier molecular flexibility index (Phi) is 5.61. The summed E-state index contributed by atoms with van der Waals surface area (Å²) in [7, 11) is 0. The third-order valence-corrected chi connectivity index (χ3v) is 3.70. The first-order valence-corrected chi connectivity index (χ1v) is 6.60. The molecular formula is C12H20N2O2S. The molecule has 3 N–H and O–H groups in total. The zero-order chi connectivity index (χ0) is 12.8. The minimum atomic E-state index is -0.0542. The Balaban J connectivity index is 2.51. The third-order valence-electron chi connectivity index (χ3n) is 2.78. The van der Waals surface area contributed by atoms with Gasteiger partial charge in [0.15, 0.2) is 0 Å². The molecule has 17 heavy (non-hydrogen) atoms. The summed E-state index contributed by atoms with van der Waals surface area (Å²) in [6.07, 6.45) is 0. The summed E-state index contributed by atoms with van der Waals surface area (Å²) in [5.74, 6) is 0.167. The predicted octanol–water partition coefficient (Wildman–Crippen LogP) is 1.81. The van der Waals surface area contributed by atoms with Crippen LogP contribution >= 0.6 is 11.3 Å². The number of hydrogen-bond donors (Lipinski definition) is 3. The van der Waals surface area contributed by atoms with Crippen molar-refractivity contribution < 1.29 is 9.90 Å². The molecule has 1 amide bonds. The molecule has 1 aromatic heterocycles. The van der Waals surface area contributed by atoms with E-state index in [9.17, 15) is 4.79 Å². The Bertz CT molecular complexity index is 365. The second-order valence-electron chi connectivity index (χ2n) is 4.27. The van der Waals surface area contributed by atoms with Gasteiger partial charge in [0.1, 0.15) is 0 Å². The maximum absolute atomic E-state index is 11.0. The second kappa shape index (κ2) is 6.74. The highest BCUT2D eigenvalue weighted by molar-refractivity contribution is 7.10. The van der Waals surface area contributed by atoms with Gasteiger partial charge in [0.05, 0.1) is 5.69 Å². The van der Waals surface area contributed by atoms with E-state index >= 15 is 0 Å². The summed E-state index contributed by atoms with van der Waals surface area (Å²) in [4.78, 5) is 12.1. The zero-order valence-electron chi connectivity index (χ0n) is 10.5. The van der Waals surface area contributed by atoms with Crippen LogP contribution in [0.4, 0.5) is 5.69 Å². The molecule has 0 saturated heterocycles. The lowest BCUT2D eigenvalue weighted by Gasteiger charge is -2.19. The van der Waals surface area contributed by atoms with Gasteiger partial charge >= 0.3 is 0 Å². The quantitative estimate of drug-likeness (QED) is 0.727. The SMILES string of the molecule is CC(=O)Nc1ccsc1CNC(C)C(C)CO. The highest BCUT2D eigenvalue weighted by Crippen LogP contribution is 2.22. The number of carbonyl (C=O) groups is 1. The topological polar surface area (TPSA) is 61.4 Å². The van der Waals surface area contributed by atoms with Gasteiger partial charge in [0.25, 0.3) is 0 Å². The molecule has 2 atom stereocenters. The summed E-state index contributed by atoms with van der Waals surface area (Å²) >= 11 is 1.61. The van der Waals surface area contributed by atoms with Gasteiger partial charge < -0.3 is 15.7 Å². The summed E-state index contributed by atoms with van der Waals surface area (Å²) < 4.78 is 0. The first kappa shape index (κ1) is 14.2. The molecular weight excluding hydrogens is 236 g/mol. The van der Waals surface area contributed by atoms with Crippen LogP contribution in [0.25, 0.3) is 0 Å². The fourth-order valence-corrected chi connectivity index (χ4v) is 2.17. The van der Waals surface area contributed by atoms with E-state index in [2.05, 4.69) is 10.6 Å². The molecule has 4 nitrogen and oxygen atoms in total. The Labute approximate surface area is 106 Å². The standard InChI is InChI=1S/C12H20N2O2S/c1-8(7-15)9(2)13-6-12-11(4-5-17-12)14-10(3)16/h4-5,8-9,13,15H,6-7H2,1-3H3,(H,14,16). The van der Waals surface area contributed by atoms with Crippen LogP contribution in [0.5, 0.6) is 0 Å². The van der Waals surface area contributed by atoms with Gasteiger partial charge in [0.2, 0.25) is 5.91 Å². The van der Waals surface area contributed by atoms with Gasteiger partial charge in [-0.05, 0) is 24.3 Å². The van der Waals surface area contributed by atoms with Crippen molar-refractivity contribution in [2.75, 3.05) is 11.9 Å². The Hall–Kier alpha value is -0.910. The Morgan fingerprint density at radius 1 is 1.53 bits per heavy atom. The van der Waals surface area contributed by atoms with Crippen LogP contribution in [-0.2, 0) is 11.3 Å². The van der Waals surface area contributed by atoms with Gasteiger partial charge in [-0.15, -0.1) is 11.3 Å². The van der Waals surface area contributed by atoms with E-state index < -0.39 is 0 Å². The number of carbonyl (C=O) groups excluding carboxylic acids is 1. The normalized spacial score (nSPS) is 14.4. The molecule has 1 aromatic rings. The van der Waals surface area contributed by atoms with Gasteiger partial charge in [-0.25, -0.2) is 0 Å². The number of hydrogen-bond acceptors (Lipinski definition) is 4. The van der Waals surface area contributed by atoms with Crippen molar-refractivity contribution in [3.8, 4) is 0 Å². The molecule has 0 aliphatic heterocycles. The number of rotatable bonds is 6. The molecule has 96 valence electrons. The van der Waals surface area contributed by atoms with Crippen molar-refractivity contribution in [1.82, 2.24) is 5.32 Å². The van der Waals surface area contributed by atoms with E-state index in [1.807, 2.05) is 25.3 Å². The molecule has 2 unspecified atom stereocenters. The van der Waals surface area contributed by atoms with Crippen LogP contribution in [-0.4, -0.2) is 23.7 Å². The van der Waals surface area contributed by atoms with E-state index in [0.717, 1.165) is 10.6 Å². The first-order chi connectivity index (χ1) is 8.04. The lowest BCUT2D eigenvalue weighted by Crippen LogP contribution is -2.33. The van der Waals surface area contributed by atoms with E-state index in [0.29, 0.717) is 6.54 Å². The van der Waals surface area contributed by atoms with Gasteiger partial charge in [-0.3, -0.25) is 4.79 Å². The van der Waals surface area contributed by atoms with Crippen molar-refractivity contribution in [3.63, 3.8) is 0 Å². The molecule has 0 aliphatic rings. The van der Waals surface area contributed by atoms with Crippen molar-refractivity contribution in [2.24, 2.45) is 5.92 Å². The fourth-order valence-electron chi connectivity index (χ4n) is 1.39. The maximum Gasteiger partial charge on any atom is 0.221 e. The Morgan fingerprint density at radius 2 is 2.24 bits per heavy atom. The van der Waals surface area contributed by atoms with E-state index in [4.69, 9.17) is 5.11 Å². The first-order valence-electron chi connectivity index (χ1n) is 5.72. The van der Waals surface area contributed by atoms with Crippen LogP contribution in [0.1, 0.15) is 25.6 Å². The molecule has 0 spiro atoms. The number of amides is 1. The van der Waals surface area contributed by atoms with Crippen molar-refractivity contribution >= 4 is 22.9 Å². The zero-order valence-corrected chi connectivity index (χ0v) is 11.3. The number of anilines is 1. The maximum atomic E-state index is 11.0. The van der Waals surface area contributed by atoms with Crippen LogP contribution < -0.4 is 10.6 Å². The molecule has 0 aromatic carbocycles. The van der Waals surface area contributed by atoms with Crippen LogP contribution in [0, 0.1) is 5.92 Å². The number of aliphatic hydroxyl groups is 1. The van der Waals surface area contributed by atoms with Crippen molar-refractivity contribution in [3.05, 3.63) is 16.3 Å². The average molecular weight is 256 g/mol. The monoisotopic (exact) mass is 256 g/mol. The number of nitrogens with one attached hydrogen (secondary N) is 2. The number of thiophene rings is 1. The minimum Gasteiger partial charge on any atom is -0.396 e. The molecule has 0 saturated carbocycles. The molecule has 0 bridgehead atoms. The molecule has 0 fully saturated rings. The summed E-state index contributed by atoms with van der Waals surface area (Å²) in [6, 6.07) is 2.15. The summed E-state index contributed by atoms with van der Waals surface area (Å²) in [5.41, 5.74) is 0.874. The average Bonchev–Trinajstić information content (AvgIpc) is 2.71. The lowest BCUT2D eigenvalue weighted by molar-refractivity contribution is -0.114. The summed E-state index contributed by atoms with van der Waals surface area (Å²) in [5, 5.41) is 17.2. The summed E-state index contributed by atoms with van der Waals surface area (Å²) in [6.45, 7) is 6.44. The van der Waals surface area contributed by atoms with Crippen LogP contribution in [0.3, 0.4) is 0 Å². The fraction of sp³-hybridized carbons (Fsp3) is 0.583. The predicted molar refractivity (Wildman–Crippen MR) is 71.2 cm³/mol. The van der Waals surface area contributed by atoms with Gasteiger partial charge in [-0.2, -0.15) is 0 Å². The highest BCUT2D eigenvalue weighted by atomic mass is 32.1. The number of aliphatic hydroxyl groups excluding tert-OH is 1. The molecule has 1 rings (SSSR count). The smallest absolute Gasteiger partial charge is 0.221 e. The molecule has 1 heterocycles. The van der Waals surface area contributed by atoms with E-state index in [1.54, 1.807) is 11.3 Å². The minimum absolute atomic E-state index is 0.0542. The van der Waals surface area contributed by atoms with Crippen molar-refractivity contribution in [1.29, 1.82) is 0 Å². The largest absolute Gasteiger partial charge is 0.396 e. The molecule has 0 radical (unpaired) electrons.